The van der Waals surface area contributed by atoms with Gasteiger partial charge in [-0.1, -0.05) is 19.4 Å². The van der Waals surface area contributed by atoms with E-state index in [1.807, 2.05) is 19.2 Å². The fourth-order valence-corrected chi connectivity index (χ4v) is 1.74. The van der Waals surface area contributed by atoms with E-state index in [1.54, 1.807) is 7.11 Å². The molecule has 21 heavy (non-hydrogen) atoms. The highest BCUT2D eigenvalue weighted by atomic mass is 16.5. The molecule has 1 aromatic heterocycles. The van der Waals surface area contributed by atoms with Gasteiger partial charge in [-0.05, 0) is 31.4 Å². The van der Waals surface area contributed by atoms with Gasteiger partial charge in [0.15, 0.2) is 5.96 Å². The SMILES string of the molecule is CCCCNC(=NCc1ccc(C)nc1)NCCCOC. The molecule has 0 saturated carbocycles. The Bertz CT molecular complexity index is 403. The van der Waals surface area contributed by atoms with E-state index in [9.17, 15) is 0 Å². The summed E-state index contributed by atoms with van der Waals surface area (Å²) >= 11 is 0. The standard InChI is InChI=1S/C16H28N4O/c1-4-5-9-17-16(18-10-6-11-21-3)20-13-15-8-7-14(2)19-12-15/h7-8,12H,4-6,9-11,13H2,1-3H3,(H2,17,18,20). The molecule has 1 aromatic rings. The van der Waals surface area contributed by atoms with E-state index in [2.05, 4.69) is 33.6 Å². The molecule has 0 atom stereocenters. The van der Waals surface area contributed by atoms with Gasteiger partial charge in [-0.2, -0.15) is 0 Å². The van der Waals surface area contributed by atoms with Crippen LogP contribution in [0.4, 0.5) is 0 Å². The lowest BCUT2D eigenvalue weighted by Gasteiger charge is -2.12. The second kappa shape index (κ2) is 11.1. The lowest BCUT2D eigenvalue weighted by Crippen LogP contribution is -2.38. The third kappa shape index (κ3) is 8.30. The number of hydrogen-bond donors (Lipinski definition) is 2. The summed E-state index contributed by atoms with van der Waals surface area (Å²) in [6, 6.07) is 4.08. The van der Waals surface area contributed by atoms with Crippen molar-refractivity contribution in [1.29, 1.82) is 0 Å². The van der Waals surface area contributed by atoms with Crippen molar-refractivity contribution in [3.8, 4) is 0 Å². The number of methoxy groups -OCH3 is 1. The van der Waals surface area contributed by atoms with E-state index in [0.717, 1.165) is 49.8 Å². The van der Waals surface area contributed by atoms with Gasteiger partial charge in [0, 0.05) is 38.7 Å². The minimum atomic E-state index is 0.638. The van der Waals surface area contributed by atoms with Crippen molar-refractivity contribution in [2.24, 2.45) is 4.99 Å². The van der Waals surface area contributed by atoms with Crippen LogP contribution in [0.3, 0.4) is 0 Å². The average molecular weight is 292 g/mol. The topological polar surface area (TPSA) is 58.5 Å². The van der Waals surface area contributed by atoms with Gasteiger partial charge in [-0.3, -0.25) is 4.98 Å². The van der Waals surface area contributed by atoms with Crippen molar-refractivity contribution < 1.29 is 4.74 Å². The molecular formula is C16H28N4O. The van der Waals surface area contributed by atoms with Crippen molar-refractivity contribution in [2.45, 2.75) is 39.7 Å². The predicted octanol–water partition coefficient (Wildman–Crippen LogP) is 2.26. The van der Waals surface area contributed by atoms with E-state index in [4.69, 9.17) is 4.74 Å². The summed E-state index contributed by atoms with van der Waals surface area (Å²) in [5.41, 5.74) is 2.15. The molecule has 0 aromatic carbocycles. The molecule has 5 nitrogen and oxygen atoms in total. The molecule has 0 aliphatic carbocycles. The summed E-state index contributed by atoms with van der Waals surface area (Å²) in [7, 11) is 1.72. The lowest BCUT2D eigenvalue weighted by atomic mass is 10.2. The van der Waals surface area contributed by atoms with E-state index >= 15 is 0 Å². The Morgan fingerprint density at radius 2 is 2.00 bits per heavy atom. The van der Waals surface area contributed by atoms with Crippen LogP contribution in [0.15, 0.2) is 23.3 Å². The molecule has 0 spiro atoms. The maximum Gasteiger partial charge on any atom is 0.191 e. The lowest BCUT2D eigenvalue weighted by molar-refractivity contribution is 0.195. The maximum atomic E-state index is 5.05. The molecule has 0 unspecified atom stereocenters. The predicted molar refractivity (Wildman–Crippen MR) is 87.5 cm³/mol. The van der Waals surface area contributed by atoms with Crippen LogP contribution in [-0.2, 0) is 11.3 Å². The van der Waals surface area contributed by atoms with Crippen molar-refractivity contribution in [2.75, 3.05) is 26.8 Å². The number of unbranched alkanes of at least 4 members (excludes halogenated alkanes) is 1. The summed E-state index contributed by atoms with van der Waals surface area (Å²) in [5, 5.41) is 6.69. The Hall–Kier alpha value is -1.62. The second-order valence-electron chi connectivity index (χ2n) is 5.03. The zero-order valence-corrected chi connectivity index (χ0v) is 13.5. The Morgan fingerprint density at radius 1 is 1.24 bits per heavy atom. The number of ether oxygens (including phenoxy) is 1. The van der Waals surface area contributed by atoms with Crippen molar-refractivity contribution >= 4 is 5.96 Å². The molecule has 1 rings (SSSR count). The fraction of sp³-hybridized carbons (Fsp3) is 0.625. The summed E-state index contributed by atoms with van der Waals surface area (Å²) in [5.74, 6) is 0.861. The molecule has 0 saturated heterocycles. The normalized spacial score (nSPS) is 11.5. The molecule has 2 N–H and O–H groups in total. The third-order valence-corrected chi connectivity index (χ3v) is 3.03. The van der Waals surface area contributed by atoms with E-state index in [0.29, 0.717) is 6.54 Å². The zero-order valence-electron chi connectivity index (χ0n) is 13.5. The van der Waals surface area contributed by atoms with Crippen LogP contribution in [0.5, 0.6) is 0 Å². The Kier molecular flexibility index (Phi) is 9.20. The van der Waals surface area contributed by atoms with Gasteiger partial charge >= 0.3 is 0 Å². The molecule has 0 bridgehead atoms. The first kappa shape index (κ1) is 17.4. The first-order valence-corrected chi connectivity index (χ1v) is 7.69. The van der Waals surface area contributed by atoms with E-state index < -0.39 is 0 Å². The van der Waals surface area contributed by atoms with Gasteiger partial charge in [0.05, 0.1) is 6.54 Å². The van der Waals surface area contributed by atoms with E-state index in [1.165, 1.54) is 6.42 Å². The molecule has 0 aliphatic rings. The number of nitrogens with one attached hydrogen (secondary N) is 2. The molecule has 5 heteroatoms. The highest BCUT2D eigenvalue weighted by molar-refractivity contribution is 5.79. The third-order valence-electron chi connectivity index (χ3n) is 3.03. The fourth-order valence-electron chi connectivity index (χ4n) is 1.74. The first-order valence-electron chi connectivity index (χ1n) is 7.69. The summed E-state index contributed by atoms with van der Waals surface area (Å²) in [4.78, 5) is 8.90. The van der Waals surface area contributed by atoms with Crippen molar-refractivity contribution in [3.05, 3.63) is 29.6 Å². The highest BCUT2D eigenvalue weighted by Gasteiger charge is 1.98. The number of pyridine rings is 1. The largest absolute Gasteiger partial charge is 0.385 e. The minimum absolute atomic E-state index is 0.638. The number of hydrogen-bond acceptors (Lipinski definition) is 3. The monoisotopic (exact) mass is 292 g/mol. The van der Waals surface area contributed by atoms with Gasteiger partial charge in [0.1, 0.15) is 0 Å². The summed E-state index contributed by atoms with van der Waals surface area (Å²) < 4.78 is 5.05. The smallest absolute Gasteiger partial charge is 0.191 e. The summed E-state index contributed by atoms with van der Waals surface area (Å²) in [6.07, 6.45) is 5.17. The molecule has 118 valence electrons. The molecule has 0 amide bonds. The number of guanidine groups is 1. The van der Waals surface area contributed by atoms with Crippen LogP contribution in [0, 0.1) is 6.92 Å². The number of aryl methyl sites for hydroxylation is 1. The van der Waals surface area contributed by atoms with Crippen LogP contribution >= 0.6 is 0 Å². The van der Waals surface area contributed by atoms with Crippen molar-refractivity contribution in [3.63, 3.8) is 0 Å². The molecule has 0 aliphatic heterocycles. The van der Waals surface area contributed by atoms with Crippen LogP contribution < -0.4 is 10.6 Å². The van der Waals surface area contributed by atoms with Crippen LogP contribution in [-0.4, -0.2) is 37.7 Å². The van der Waals surface area contributed by atoms with Crippen LogP contribution in [0.1, 0.15) is 37.4 Å². The first-order chi connectivity index (χ1) is 10.3. The maximum absolute atomic E-state index is 5.05. The van der Waals surface area contributed by atoms with Gasteiger partial charge < -0.3 is 15.4 Å². The Morgan fingerprint density at radius 3 is 2.62 bits per heavy atom. The van der Waals surface area contributed by atoms with Crippen molar-refractivity contribution in [1.82, 2.24) is 15.6 Å². The van der Waals surface area contributed by atoms with E-state index in [-0.39, 0.29) is 0 Å². The Balaban J connectivity index is 2.47. The molecule has 0 fully saturated rings. The number of nitrogens with zero attached hydrogens (tertiary/aromatic N) is 2. The van der Waals surface area contributed by atoms with Gasteiger partial charge in [-0.25, -0.2) is 4.99 Å². The number of rotatable bonds is 9. The quantitative estimate of drug-likeness (QED) is 0.416. The number of aliphatic imine (C=N–C) groups is 1. The van der Waals surface area contributed by atoms with Gasteiger partial charge in [0.2, 0.25) is 0 Å². The minimum Gasteiger partial charge on any atom is -0.385 e. The molecular weight excluding hydrogens is 264 g/mol. The number of aromatic nitrogens is 1. The van der Waals surface area contributed by atoms with Gasteiger partial charge in [0.25, 0.3) is 0 Å². The molecule has 1 heterocycles. The second-order valence-corrected chi connectivity index (χ2v) is 5.03. The molecule has 0 radical (unpaired) electrons. The Labute approximate surface area is 128 Å². The average Bonchev–Trinajstić information content (AvgIpc) is 2.50. The summed E-state index contributed by atoms with van der Waals surface area (Å²) in [6.45, 7) is 7.37. The van der Waals surface area contributed by atoms with Gasteiger partial charge in [-0.15, -0.1) is 0 Å². The highest BCUT2D eigenvalue weighted by Crippen LogP contribution is 2.00. The van der Waals surface area contributed by atoms with Crippen LogP contribution in [0.2, 0.25) is 0 Å². The van der Waals surface area contributed by atoms with Crippen LogP contribution in [0.25, 0.3) is 0 Å². The zero-order chi connectivity index (χ0) is 15.3.